The molecule has 1 atom stereocenters. The van der Waals surface area contributed by atoms with Crippen LogP contribution in [0.4, 0.5) is 4.39 Å². The number of pyridine rings is 1. The molecular weight excluding hydrogens is 235 g/mol. The third kappa shape index (κ3) is 3.77. The molecule has 0 bridgehead atoms. The van der Waals surface area contributed by atoms with Crippen molar-refractivity contribution in [1.82, 2.24) is 9.88 Å². The standard InChI is InChI=1S/C13H19FN2O2/c1-9(11-6-5-10(14)7-15-11)16(8-12(17)18)13(2,3)4/h5-7,9H,8H2,1-4H3,(H,17,18). The molecule has 0 spiro atoms. The van der Waals surface area contributed by atoms with Crippen LogP contribution >= 0.6 is 0 Å². The average Bonchev–Trinajstić information content (AvgIpc) is 2.24. The summed E-state index contributed by atoms with van der Waals surface area (Å²) in [6.07, 6.45) is 1.15. The fraction of sp³-hybridized carbons (Fsp3) is 0.538. The van der Waals surface area contributed by atoms with Crippen LogP contribution in [0.5, 0.6) is 0 Å². The molecule has 1 rings (SSSR count). The molecule has 1 unspecified atom stereocenters. The number of rotatable bonds is 4. The molecule has 0 aliphatic rings. The summed E-state index contributed by atoms with van der Waals surface area (Å²) >= 11 is 0. The van der Waals surface area contributed by atoms with E-state index in [1.165, 1.54) is 6.07 Å². The second-order valence-corrected chi connectivity index (χ2v) is 5.27. The zero-order valence-corrected chi connectivity index (χ0v) is 11.1. The van der Waals surface area contributed by atoms with Gasteiger partial charge in [0.15, 0.2) is 0 Å². The number of carboxylic acid groups (broad SMARTS) is 1. The van der Waals surface area contributed by atoms with Crippen molar-refractivity contribution < 1.29 is 14.3 Å². The first-order valence-corrected chi connectivity index (χ1v) is 5.82. The third-order valence-corrected chi connectivity index (χ3v) is 2.81. The lowest BCUT2D eigenvalue weighted by Crippen LogP contribution is -2.46. The summed E-state index contributed by atoms with van der Waals surface area (Å²) in [5, 5.41) is 8.97. The molecule has 1 heterocycles. The summed E-state index contributed by atoms with van der Waals surface area (Å²) in [5.74, 6) is -1.29. The van der Waals surface area contributed by atoms with E-state index in [2.05, 4.69) is 4.98 Å². The Morgan fingerprint density at radius 1 is 1.50 bits per heavy atom. The molecule has 1 aromatic rings. The predicted octanol–water partition coefficient (Wildman–Crippen LogP) is 2.47. The Kier molecular flexibility index (Phi) is 4.40. The molecule has 0 aliphatic heterocycles. The third-order valence-electron chi connectivity index (χ3n) is 2.81. The van der Waals surface area contributed by atoms with Crippen LogP contribution in [0.3, 0.4) is 0 Å². The molecule has 1 aromatic heterocycles. The highest BCUT2D eigenvalue weighted by Gasteiger charge is 2.29. The SMILES string of the molecule is CC(c1ccc(F)cn1)N(CC(=O)O)C(C)(C)C. The van der Waals surface area contributed by atoms with E-state index >= 15 is 0 Å². The largest absolute Gasteiger partial charge is 0.480 e. The molecule has 0 radical (unpaired) electrons. The molecule has 100 valence electrons. The normalized spacial score (nSPS) is 13.7. The molecule has 4 nitrogen and oxygen atoms in total. The van der Waals surface area contributed by atoms with Crippen molar-refractivity contribution in [3.8, 4) is 0 Å². The molecule has 18 heavy (non-hydrogen) atoms. The van der Waals surface area contributed by atoms with Crippen LogP contribution in [0.25, 0.3) is 0 Å². The Morgan fingerprint density at radius 2 is 2.11 bits per heavy atom. The molecule has 0 aliphatic carbocycles. The first-order chi connectivity index (χ1) is 8.21. The highest BCUT2D eigenvalue weighted by Crippen LogP contribution is 2.26. The Labute approximate surface area is 106 Å². The van der Waals surface area contributed by atoms with Gasteiger partial charge in [0, 0.05) is 5.54 Å². The van der Waals surface area contributed by atoms with Crippen molar-refractivity contribution in [2.24, 2.45) is 0 Å². The van der Waals surface area contributed by atoms with Gasteiger partial charge in [0.1, 0.15) is 5.82 Å². The number of aromatic nitrogens is 1. The highest BCUT2D eigenvalue weighted by molar-refractivity contribution is 5.69. The van der Waals surface area contributed by atoms with Crippen molar-refractivity contribution >= 4 is 5.97 Å². The van der Waals surface area contributed by atoms with Crippen LogP contribution in [0.15, 0.2) is 18.3 Å². The van der Waals surface area contributed by atoms with Gasteiger partial charge in [-0.3, -0.25) is 14.7 Å². The van der Waals surface area contributed by atoms with Gasteiger partial charge in [-0.2, -0.15) is 0 Å². The lowest BCUT2D eigenvalue weighted by molar-refractivity contribution is -0.140. The number of hydrogen-bond acceptors (Lipinski definition) is 3. The predicted molar refractivity (Wildman–Crippen MR) is 66.7 cm³/mol. The fourth-order valence-corrected chi connectivity index (χ4v) is 1.89. The molecule has 0 saturated heterocycles. The van der Waals surface area contributed by atoms with Gasteiger partial charge in [-0.15, -0.1) is 0 Å². The Morgan fingerprint density at radius 3 is 2.50 bits per heavy atom. The fourth-order valence-electron chi connectivity index (χ4n) is 1.89. The van der Waals surface area contributed by atoms with Gasteiger partial charge >= 0.3 is 5.97 Å². The maximum atomic E-state index is 12.8. The van der Waals surface area contributed by atoms with Crippen LogP contribution in [0, 0.1) is 5.82 Å². The van der Waals surface area contributed by atoms with Gasteiger partial charge in [-0.1, -0.05) is 0 Å². The molecule has 0 fully saturated rings. The second kappa shape index (κ2) is 5.44. The maximum absolute atomic E-state index is 12.8. The summed E-state index contributed by atoms with van der Waals surface area (Å²) in [6.45, 7) is 7.61. The van der Waals surface area contributed by atoms with E-state index < -0.39 is 11.8 Å². The summed E-state index contributed by atoms with van der Waals surface area (Å²) < 4.78 is 12.8. The lowest BCUT2D eigenvalue weighted by Gasteiger charge is -2.38. The van der Waals surface area contributed by atoms with Crippen molar-refractivity contribution in [3.05, 3.63) is 29.8 Å². The number of carboxylic acids is 1. The van der Waals surface area contributed by atoms with Crippen LogP contribution in [-0.4, -0.2) is 33.0 Å². The minimum Gasteiger partial charge on any atom is -0.480 e. The summed E-state index contributed by atoms with van der Waals surface area (Å²) in [7, 11) is 0. The van der Waals surface area contributed by atoms with Crippen molar-refractivity contribution in [2.75, 3.05) is 6.54 Å². The summed E-state index contributed by atoms with van der Waals surface area (Å²) in [6, 6.07) is 2.72. The number of halogens is 1. The zero-order valence-electron chi connectivity index (χ0n) is 11.1. The first kappa shape index (κ1) is 14.6. The van der Waals surface area contributed by atoms with Gasteiger partial charge in [0.05, 0.1) is 24.5 Å². The van der Waals surface area contributed by atoms with E-state index in [9.17, 15) is 9.18 Å². The lowest BCUT2D eigenvalue weighted by atomic mass is 10.0. The van der Waals surface area contributed by atoms with Gasteiger partial charge in [-0.25, -0.2) is 4.39 Å². The quantitative estimate of drug-likeness (QED) is 0.896. The first-order valence-electron chi connectivity index (χ1n) is 5.82. The van der Waals surface area contributed by atoms with E-state index in [4.69, 9.17) is 5.11 Å². The minimum atomic E-state index is -0.890. The van der Waals surface area contributed by atoms with Gasteiger partial charge < -0.3 is 5.11 Å². The van der Waals surface area contributed by atoms with E-state index in [1.807, 2.05) is 32.6 Å². The van der Waals surface area contributed by atoms with E-state index in [0.717, 1.165) is 6.20 Å². The van der Waals surface area contributed by atoms with E-state index in [1.54, 1.807) is 6.07 Å². The molecule has 0 saturated carbocycles. The van der Waals surface area contributed by atoms with Gasteiger partial charge in [-0.05, 0) is 39.8 Å². The molecule has 1 N–H and O–H groups in total. The van der Waals surface area contributed by atoms with Crippen LogP contribution in [0.1, 0.15) is 39.4 Å². The van der Waals surface area contributed by atoms with Crippen molar-refractivity contribution in [2.45, 2.75) is 39.3 Å². The topological polar surface area (TPSA) is 53.4 Å². The number of nitrogens with zero attached hydrogens (tertiary/aromatic N) is 2. The number of aliphatic carboxylic acids is 1. The highest BCUT2D eigenvalue weighted by atomic mass is 19.1. The summed E-state index contributed by atoms with van der Waals surface area (Å²) in [4.78, 5) is 16.7. The van der Waals surface area contributed by atoms with Crippen LogP contribution < -0.4 is 0 Å². The smallest absolute Gasteiger partial charge is 0.317 e. The van der Waals surface area contributed by atoms with Crippen molar-refractivity contribution in [1.29, 1.82) is 0 Å². The maximum Gasteiger partial charge on any atom is 0.317 e. The van der Waals surface area contributed by atoms with Gasteiger partial charge in [0.2, 0.25) is 0 Å². The zero-order chi connectivity index (χ0) is 13.9. The van der Waals surface area contributed by atoms with Gasteiger partial charge in [0.25, 0.3) is 0 Å². The number of carbonyl (C=O) groups is 1. The average molecular weight is 254 g/mol. The molecular formula is C13H19FN2O2. The molecule has 0 aromatic carbocycles. The molecule has 5 heteroatoms. The van der Waals surface area contributed by atoms with Crippen molar-refractivity contribution in [3.63, 3.8) is 0 Å². The Bertz CT molecular complexity index is 412. The monoisotopic (exact) mass is 254 g/mol. The minimum absolute atomic E-state index is 0.0796. The molecule has 0 amide bonds. The Hall–Kier alpha value is -1.49. The van der Waals surface area contributed by atoms with E-state index in [-0.39, 0.29) is 18.1 Å². The number of hydrogen-bond donors (Lipinski definition) is 1. The Balaban J connectivity index is 2.98. The second-order valence-electron chi connectivity index (χ2n) is 5.27. The summed E-state index contributed by atoms with van der Waals surface area (Å²) in [5.41, 5.74) is 0.348. The van der Waals surface area contributed by atoms with E-state index in [0.29, 0.717) is 5.69 Å². The van der Waals surface area contributed by atoms with Crippen LogP contribution in [0.2, 0.25) is 0 Å². The van der Waals surface area contributed by atoms with Crippen LogP contribution in [-0.2, 0) is 4.79 Å².